The lowest BCUT2D eigenvalue weighted by Crippen LogP contribution is -2.41. The van der Waals surface area contributed by atoms with Gasteiger partial charge in [-0.25, -0.2) is 4.79 Å². The van der Waals surface area contributed by atoms with E-state index in [1.165, 1.54) is 0 Å². The third-order valence-electron chi connectivity index (χ3n) is 6.78. The number of carboxylic acids is 1. The van der Waals surface area contributed by atoms with Crippen LogP contribution in [0.2, 0.25) is 0 Å². The van der Waals surface area contributed by atoms with Crippen molar-refractivity contribution >= 4 is 18.0 Å². The van der Waals surface area contributed by atoms with Crippen molar-refractivity contribution in [1.82, 2.24) is 10.6 Å². The van der Waals surface area contributed by atoms with Gasteiger partial charge in [-0.2, -0.15) is 0 Å². The first-order chi connectivity index (χ1) is 17.0. The summed E-state index contributed by atoms with van der Waals surface area (Å²) in [5, 5.41) is 14.6. The number of hydrogen-bond acceptors (Lipinski definition) is 4. The first-order valence-electron chi connectivity index (χ1n) is 11.7. The van der Waals surface area contributed by atoms with Gasteiger partial charge in [0.1, 0.15) is 12.6 Å². The lowest BCUT2D eigenvalue weighted by molar-refractivity contribution is -0.139. The molecule has 3 N–H and O–H groups in total. The van der Waals surface area contributed by atoms with Crippen LogP contribution in [0, 0.1) is 11.8 Å². The molecule has 0 saturated heterocycles. The summed E-state index contributed by atoms with van der Waals surface area (Å²) >= 11 is 0. The molecule has 1 fully saturated rings. The Morgan fingerprint density at radius 2 is 1.49 bits per heavy atom. The zero-order valence-corrected chi connectivity index (χ0v) is 19.0. The quantitative estimate of drug-likeness (QED) is 0.460. The molecule has 0 unspecified atom stereocenters. The smallest absolute Gasteiger partial charge is 0.408 e. The first-order valence-corrected chi connectivity index (χ1v) is 11.7. The van der Waals surface area contributed by atoms with E-state index < -0.39 is 29.9 Å². The van der Waals surface area contributed by atoms with Crippen molar-refractivity contribution in [2.24, 2.45) is 11.8 Å². The van der Waals surface area contributed by atoms with Crippen LogP contribution in [-0.2, 0) is 14.3 Å². The number of ether oxygens (including phenoxy) is 1. The van der Waals surface area contributed by atoms with Crippen LogP contribution < -0.4 is 10.6 Å². The predicted octanol–water partition coefficient (Wildman–Crippen LogP) is 4.10. The second kappa shape index (κ2) is 9.62. The molecule has 0 radical (unpaired) electrons. The van der Waals surface area contributed by atoms with Gasteiger partial charge in [-0.1, -0.05) is 78.9 Å². The average molecular weight is 471 g/mol. The van der Waals surface area contributed by atoms with Gasteiger partial charge in [-0.3, -0.25) is 9.59 Å². The number of benzene rings is 3. The Kier molecular flexibility index (Phi) is 6.23. The maximum Gasteiger partial charge on any atom is 0.408 e. The molecule has 2 aliphatic carbocycles. The maximum absolute atomic E-state index is 12.9. The summed E-state index contributed by atoms with van der Waals surface area (Å²) in [5.74, 6) is -1.83. The molecule has 1 saturated carbocycles. The topological polar surface area (TPSA) is 105 Å². The lowest BCUT2D eigenvalue weighted by Gasteiger charge is -2.20. The van der Waals surface area contributed by atoms with Crippen LogP contribution in [0.15, 0.2) is 78.9 Å². The summed E-state index contributed by atoms with van der Waals surface area (Å²) in [6.07, 6.45) is -0.142. The van der Waals surface area contributed by atoms with Gasteiger partial charge in [0, 0.05) is 12.5 Å². The highest BCUT2D eigenvalue weighted by Gasteiger charge is 2.43. The summed E-state index contributed by atoms with van der Waals surface area (Å²) in [6, 6.07) is 24.1. The van der Waals surface area contributed by atoms with Gasteiger partial charge in [0.2, 0.25) is 5.91 Å². The minimum absolute atomic E-state index is 0.0812. The van der Waals surface area contributed by atoms with E-state index in [0.29, 0.717) is 12.0 Å². The highest BCUT2D eigenvalue weighted by Crippen LogP contribution is 2.44. The highest BCUT2D eigenvalue weighted by atomic mass is 16.5. The molecule has 178 valence electrons. The molecule has 0 aliphatic heterocycles. The van der Waals surface area contributed by atoms with Crippen LogP contribution in [0.3, 0.4) is 0 Å². The van der Waals surface area contributed by atoms with Crippen LogP contribution in [0.25, 0.3) is 11.1 Å². The monoisotopic (exact) mass is 470 g/mol. The number of fused-ring (bicyclic) bond motifs is 3. The average Bonchev–Trinajstić information content (AvgIpc) is 3.61. The van der Waals surface area contributed by atoms with Crippen molar-refractivity contribution in [1.29, 1.82) is 0 Å². The third-order valence-corrected chi connectivity index (χ3v) is 6.78. The molecule has 0 bridgehead atoms. The molecular formula is C28H26N2O5. The van der Waals surface area contributed by atoms with Gasteiger partial charge in [0.25, 0.3) is 0 Å². The SMILES string of the molecule is O=C(N[C@@H](C(=O)NC[C@@H]1C[C@@H]1C(=O)O)c1ccccc1)OCC1c2ccccc2-c2ccccc21. The number of alkyl carbamates (subject to hydrolysis) is 1. The van der Waals surface area contributed by atoms with E-state index in [1.807, 2.05) is 42.5 Å². The summed E-state index contributed by atoms with van der Waals surface area (Å²) in [7, 11) is 0. The Morgan fingerprint density at radius 3 is 2.09 bits per heavy atom. The second-order valence-corrected chi connectivity index (χ2v) is 9.00. The van der Waals surface area contributed by atoms with Crippen molar-refractivity contribution in [3.8, 4) is 11.1 Å². The van der Waals surface area contributed by atoms with E-state index >= 15 is 0 Å². The fourth-order valence-corrected chi connectivity index (χ4v) is 4.81. The molecule has 35 heavy (non-hydrogen) atoms. The van der Waals surface area contributed by atoms with E-state index in [0.717, 1.165) is 22.3 Å². The fraction of sp³-hybridized carbons (Fsp3) is 0.250. The molecule has 2 amide bonds. The summed E-state index contributed by atoms with van der Waals surface area (Å²) in [6.45, 7) is 0.400. The Hall–Kier alpha value is -4.13. The minimum atomic E-state index is -0.950. The number of nitrogens with one attached hydrogen (secondary N) is 2. The van der Waals surface area contributed by atoms with Crippen molar-refractivity contribution in [3.05, 3.63) is 95.6 Å². The zero-order valence-electron chi connectivity index (χ0n) is 19.0. The Balaban J connectivity index is 1.25. The van der Waals surface area contributed by atoms with Crippen molar-refractivity contribution < 1.29 is 24.2 Å². The standard InChI is InChI=1S/C28H26N2O5/c31-26(29-15-18-14-23(18)27(32)33)25(17-8-2-1-3-9-17)30-28(34)35-16-24-21-12-6-4-10-19(21)20-11-5-7-13-22(20)24/h1-13,18,23-25H,14-16H2,(H,29,31)(H,30,34)(H,32,33)/t18-,23-,25+/m0/s1. The van der Waals surface area contributed by atoms with E-state index in [2.05, 4.69) is 22.8 Å². The van der Waals surface area contributed by atoms with Crippen LogP contribution >= 0.6 is 0 Å². The lowest BCUT2D eigenvalue weighted by atomic mass is 9.98. The van der Waals surface area contributed by atoms with E-state index in [-0.39, 0.29) is 25.0 Å². The molecule has 0 heterocycles. The molecule has 3 aromatic carbocycles. The predicted molar refractivity (Wildman–Crippen MR) is 130 cm³/mol. The third kappa shape index (κ3) is 4.75. The van der Waals surface area contributed by atoms with Crippen LogP contribution in [0.1, 0.15) is 35.1 Å². The van der Waals surface area contributed by atoms with E-state index in [1.54, 1.807) is 24.3 Å². The number of carboxylic acid groups (broad SMARTS) is 1. The van der Waals surface area contributed by atoms with Crippen LogP contribution in [0.5, 0.6) is 0 Å². The number of carbonyl (C=O) groups is 3. The summed E-state index contributed by atoms with van der Waals surface area (Å²) in [5.41, 5.74) is 5.11. The van der Waals surface area contributed by atoms with Gasteiger partial charge in [0.15, 0.2) is 0 Å². The fourth-order valence-electron chi connectivity index (χ4n) is 4.81. The molecule has 5 rings (SSSR count). The number of amides is 2. The molecule has 7 nitrogen and oxygen atoms in total. The van der Waals surface area contributed by atoms with Gasteiger partial charge >= 0.3 is 12.1 Å². The van der Waals surface area contributed by atoms with Crippen molar-refractivity contribution in [3.63, 3.8) is 0 Å². The van der Waals surface area contributed by atoms with Gasteiger partial charge in [0.05, 0.1) is 5.92 Å². The molecular weight excluding hydrogens is 444 g/mol. The summed E-state index contributed by atoms with van der Waals surface area (Å²) < 4.78 is 5.62. The molecule has 0 aromatic heterocycles. The molecule has 3 atom stereocenters. The molecule has 2 aliphatic rings. The number of aliphatic carboxylic acids is 1. The Morgan fingerprint density at radius 1 is 0.886 bits per heavy atom. The van der Waals surface area contributed by atoms with E-state index in [4.69, 9.17) is 9.84 Å². The van der Waals surface area contributed by atoms with E-state index in [9.17, 15) is 14.4 Å². The second-order valence-electron chi connectivity index (χ2n) is 9.00. The van der Waals surface area contributed by atoms with Gasteiger partial charge in [-0.05, 0) is 40.2 Å². The molecule has 0 spiro atoms. The minimum Gasteiger partial charge on any atom is -0.481 e. The first kappa shape index (κ1) is 22.7. The van der Waals surface area contributed by atoms with Crippen LogP contribution in [0.4, 0.5) is 4.79 Å². The van der Waals surface area contributed by atoms with Crippen molar-refractivity contribution in [2.75, 3.05) is 13.2 Å². The number of rotatable bonds is 8. The van der Waals surface area contributed by atoms with Gasteiger partial charge < -0.3 is 20.5 Å². The molecule has 3 aromatic rings. The molecule has 7 heteroatoms. The van der Waals surface area contributed by atoms with Crippen LogP contribution in [-0.4, -0.2) is 36.2 Å². The van der Waals surface area contributed by atoms with Gasteiger partial charge in [-0.15, -0.1) is 0 Å². The number of hydrogen-bond donors (Lipinski definition) is 3. The zero-order chi connectivity index (χ0) is 24.4. The Labute approximate surface area is 203 Å². The largest absolute Gasteiger partial charge is 0.481 e. The summed E-state index contributed by atoms with van der Waals surface area (Å²) in [4.78, 5) is 36.8. The normalized spacial score (nSPS) is 18.6. The van der Waals surface area contributed by atoms with Crippen molar-refractivity contribution in [2.45, 2.75) is 18.4 Å². The highest BCUT2D eigenvalue weighted by molar-refractivity contribution is 5.87. The maximum atomic E-state index is 12.9. The Bertz CT molecular complexity index is 1210. The number of carbonyl (C=O) groups excluding carboxylic acids is 2.